The first-order valence-electron chi connectivity index (χ1n) is 6.93. The quantitative estimate of drug-likeness (QED) is 0.942. The topological polar surface area (TPSA) is 43.4 Å². The van der Waals surface area contributed by atoms with Crippen molar-refractivity contribution in [2.24, 2.45) is 0 Å². The van der Waals surface area contributed by atoms with Crippen LogP contribution in [0.1, 0.15) is 16.8 Å². The minimum Gasteiger partial charge on any atom is -0.486 e. The summed E-state index contributed by atoms with van der Waals surface area (Å²) in [6.45, 7) is 4.59. The van der Waals surface area contributed by atoms with Gasteiger partial charge in [0.1, 0.15) is 13.2 Å². The Morgan fingerprint density at radius 1 is 1.24 bits per heavy atom. The van der Waals surface area contributed by atoms with E-state index in [1.54, 1.807) is 0 Å². The zero-order valence-electron chi connectivity index (χ0n) is 11.9. The van der Waals surface area contributed by atoms with Gasteiger partial charge in [-0.3, -0.25) is 4.98 Å². The number of ether oxygens (including phenoxy) is 2. The minimum absolute atomic E-state index is 0.545. The number of rotatable bonds is 4. The van der Waals surface area contributed by atoms with Crippen LogP contribution < -0.4 is 14.8 Å². The normalized spacial score (nSPS) is 13.2. The van der Waals surface area contributed by atoms with Gasteiger partial charge in [0.2, 0.25) is 0 Å². The first-order chi connectivity index (χ1) is 10.2. The summed E-state index contributed by atoms with van der Waals surface area (Å²) in [7, 11) is 0. The third-order valence-corrected chi connectivity index (χ3v) is 3.68. The molecule has 1 aliphatic heterocycles. The lowest BCUT2D eigenvalue weighted by Gasteiger charge is -2.20. The van der Waals surface area contributed by atoms with Crippen molar-refractivity contribution in [1.82, 2.24) is 10.3 Å². The van der Waals surface area contributed by atoms with E-state index in [0.717, 1.165) is 23.6 Å². The number of hydrogen-bond donors (Lipinski definition) is 1. The second-order valence-electron chi connectivity index (χ2n) is 4.97. The van der Waals surface area contributed by atoms with Gasteiger partial charge >= 0.3 is 0 Å². The molecule has 4 nitrogen and oxygen atoms in total. The molecule has 0 fully saturated rings. The van der Waals surface area contributed by atoms with E-state index in [1.165, 1.54) is 5.56 Å². The number of aromatic nitrogens is 1. The third kappa shape index (κ3) is 3.28. The van der Waals surface area contributed by atoms with Crippen LogP contribution in [0.25, 0.3) is 0 Å². The molecule has 0 unspecified atom stereocenters. The molecule has 0 bridgehead atoms. The van der Waals surface area contributed by atoms with Gasteiger partial charge in [-0.05, 0) is 36.2 Å². The Kier molecular flexibility index (Phi) is 4.27. The molecule has 0 amide bonds. The lowest BCUT2D eigenvalue weighted by molar-refractivity contribution is 0.171. The lowest BCUT2D eigenvalue weighted by Crippen LogP contribution is -2.17. The number of aryl methyl sites for hydroxylation is 1. The summed E-state index contributed by atoms with van der Waals surface area (Å²) >= 11 is 6.22. The van der Waals surface area contributed by atoms with Gasteiger partial charge in [-0.15, -0.1) is 0 Å². The summed E-state index contributed by atoms with van der Waals surface area (Å²) in [4.78, 5) is 4.36. The van der Waals surface area contributed by atoms with E-state index in [9.17, 15) is 0 Å². The molecule has 0 aliphatic carbocycles. The van der Waals surface area contributed by atoms with Gasteiger partial charge in [-0.1, -0.05) is 17.7 Å². The fraction of sp³-hybridized carbons (Fsp3) is 0.312. The van der Waals surface area contributed by atoms with Crippen LogP contribution in [0, 0.1) is 6.92 Å². The molecule has 21 heavy (non-hydrogen) atoms. The Bertz CT molecular complexity index is 646. The van der Waals surface area contributed by atoms with Crippen molar-refractivity contribution >= 4 is 11.6 Å². The van der Waals surface area contributed by atoms with Gasteiger partial charge in [0, 0.05) is 19.3 Å². The Morgan fingerprint density at radius 2 is 2.10 bits per heavy atom. The molecule has 2 aromatic rings. The van der Waals surface area contributed by atoms with Crippen molar-refractivity contribution in [2.75, 3.05) is 13.2 Å². The van der Waals surface area contributed by atoms with E-state index in [2.05, 4.69) is 23.3 Å². The standard InChI is InChI=1S/C16H17ClN2O2/c1-11-3-2-4-19-14(11)10-18-9-12-7-13(17)16-15(8-12)20-5-6-21-16/h2-4,7-8,18H,5-6,9-10H2,1H3. The van der Waals surface area contributed by atoms with Crippen LogP contribution in [-0.4, -0.2) is 18.2 Å². The molecule has 1 N–H and O–H groups in total. The highest BCUT2D eigenvalue weighted by molar-refractivity contribution is 6.32. The van der Waals surface area contributed by atoms with E-state index < -0.39 is 0 Å². The van der Waals surface area contributed by atoms with Gasteiger partial charge in [0.05, 0.1) is 10.7 Å². The predicted octanol–water partition coefficient (Wildman–Crippen LogP) is 3.10. The number of pyridine rings is 1. The zero-order valence-corrected chi connectivity index (χ0v) is 12.6. The van der Waals surface area contributed by atoms with E-state index >= 15 is 0 Å². The van der Waals surface area contributed by atoms with Crippen LogP contribution in [0.4, 0.5) is 0 Å². The smallest absolute Gasteiger partial charge is 0.179 e. The zero-order chi connectivity index (χ0) is 14.7. The van der Waals surface area contributed by atoms with Gasteiger partial charge in [-0.25, -0.2) is 0 Å². The molecule has 2 heterocycles. The predicted molar refractivity (Wildman–Crippen MR) is 82.0 cm³/mol. The number of nitrogens with zero attached hydrogens (tertiary/aromatic N) is 1. The highest BCUT2D eigenvalue weighted by Gasteiger charge is 2.16. The molecule has 1 aliphatic rings. The number of nitrogens with one attached hydrogen (secondary N) is 1. The average molecular weight is 305 g/mol. The van der Waals surface area contributed by atoms with Crippen molar-refractivity contribution in [3.63, 3.8) is 0 Å². The second-order valence-corrected chi connectivity index (χ2v) is 5.38. The largest absolute Gasteiger partial charge is 0.486 e. The monoisotopic (exact) mass is 304 g/mol. The van der Waals surface area contributed by atoms with E-state index in [4.69, 9.17) is 21.1 Å². The number of benzene rings is 1. The van der Waals surface area contributed by atoms with Crippen molar-refractivity contribution in [3.8, 4) is 11.5 Å². The summed E-state index contributed by atoms with van der Waals surface area (Å²) in [6, 6.07) is 7.89. The molecular weight excluding hydrogens is 288 g/mol. The van der Waals surface area contributed by atoms with E-state index in [0.29, 0.717) is 30.5 Å². The maximum absolute atomic E-state index is 6.22. The van der Waals surface area contributed by atoms with Crippen molar-refractivity contribution < 1.29 is 9.47 Å². The summed E-state index contributed by atoms with van der Waals surface area (Å²) in [5.74, 6) is 1.37. The Balaban J connectivity index is 1.66. The fourth-order valence-electron chi connectivity index (χ4n) is 2.30. The molecule has 110 valence electrons. The Labute approximate surface area is 129 Å². The van der Waals surface area contributed by atoms with E-state index in [1.807, 2.05) is 24.4 Å². The summed E-state index contributed by atoms with van der Waals surface area (Å²) < 4.78 is 11.1. The van der Waals surface area contributed by atoms with Crippen LogP contribution in [0.15, 0.2) is 30.5 Å². The summed E-state index contributed by atoms with van der Waals surface area (Å²) in [5, 5.41) is 3.97. The number of hydrogen-bond acceptors (Lipinski definition) is 4. The average Bonchev–Trinajstić information content (AvgIpc) is 2.49. The first-order valence-corrected chi connectivity index (χ1v) is 7.31. The highest BCUT2D eigenvalue weighted by Crippen LogP contribution is 2.38. The second kappa shape index (κ2) is 6.33. The minimum atomic E-state index is 0.545. The van der Waals surface area contributed by atoms with Crippen LogP contribution in [0.5, 0.6) is 11.5 Å². The van der Waals surface area contributed by atoms with Crippen LogP contribution in [0.2, 0.25) is 5.02 Å². The molecule has 0 saturated heterocycles. The molecule has 1 aromatic carbocycles. The maximum Gasteiger partial charge on any atom is 0.179 e. The van der Waals surface area contributed by atoms with Crippen LogP contribution in [-0.2, 0) is 13.1 Å². The van der Waals surface area contributed by atoms with Gasteiger partial charge < -0.3 is 14.8 Å². The molecule has 0 spiro atoms. The molecule has 0 atom stereocenters. The molecule has 3 rings (SSSR count). The van der Waals surface area contributed by atoms with E-state index in [-0.39, 0.29) is 0 Å². The van der Waals surface area contributed by atoms with Crippen LogP contribution >= 0.6 is 11.6 Å². The molecule has 0 saturated carbocycles. The Hall–Kier alpha value is -1.78. The highest BCUT2D eigenvalue weighted by atomic mass is 35.5. The number of halogens is 1. The molecular formula is C16H17ClN2O2. The van der Waals surface area contributed by atoms with Gasteiger partial charge in [-0.2, -0.15) is 0 Å². The van der Waals surface area contributed by atoms with Crippen LogP contribution in [0.3, 0.4) is 0 Å². The summed E-state index contributed by atoms with van der Waals surface area (Å²) in [5.41, 5.74) is 3.31. The summed E-state index contributed by atoms with van der Waals surface area (Å²) in [6.07, 6.45) is 1.81. The SMILES string of the molecule is Cc1cccnc1CNCc1cc(Cl)c2c(c1)OCCO2. The first kappa shape index (κ1) is 14.2. The Morgan fingerprint density at radius 3 is 2.95 bits per heavy atom. The fourth-order valence-corrected chi connectivity index (χ4v) is 2.58. The van der Waals surface area contributed by atoms with Crippen molar-refractivity contribution in [1.29, 1.82) is 0 Å². The van der Waals surface area contributed by atoms with Crippen molar-refractivity contribution in [2.45, 2.75) is 20.0 Å². The van der Waals surface area contributed by atoms with Crippen molar-refractivity contribution in [3.05, 3.63) is 52.3 Å². The van der Waals surface area contributed by atoms with Gasteiger partial charge in [0.15, 0.2) is 11.5 Å². The third-order valence-electron chi connectivity index (χ3n) is 3.40. The molecule has 1 aromatic heterocycles. The van der Waals surface area contributed by atoms with Gasteiger partial charge in [0.25, 0.3) is 0 Å². The molecule has 5 heteroatoms. The number of fused-ring (bicyclic) bond motifs is 1. The molecule has 0 radical (unpaired) electrons. The maximum atomic E-state index is 6.22. The lowest BCUT2D eigenvalue weighted by atomic mass is 10.1.